The van der Waals surface area contributed by atoms with Gasteiger partial charge in [-0.05, 0) is 68.8 Å². The summed E-state index contributed by atoms with van der Waals surface area (Å²) in [5.74, 6) is 0.880. The van der Waals surface area contributed by atoms with Crippen molar-refractivity contribution >= 4 is 11.0 Å². The predicted molar refractivity (Wildman–Crippen MR) is 121 cm³/mol. The van der Waals surface area contributed by atoms with Crippen LogP contribution in [-0.4, -0.2) is 40.5 Å². The Morgan fingerprint density at radius 2 is 1.87 bits per heavy atom. The molecule has 0 bridgehead atoms. The summed E-state index contributed by atoms with van der Waals surface area (Å²) >= 11 is 0. The van der Waals surface area contributed by atoms with Crippen LogP contribution in [0, 0.1) is 13.8 Å². The van der Waals surface area contributed by atoms with E-state index >= 15 is 0 Å². The maximum atomic E-state index is 6.36. The first kappa shape index (κ1) is 20.4. The van der Waals surface area contributed by atoms with Crippen molar-refractivity contribution in [3.8, 4) is 0 Å². The van der Waals surface area contributed by atoms with Gasteiger partial charge in [-0.3, -0.25) is 0 Å². The zero-order valence-corrected chi connectivity index (χ0v) is 18.5. The highest BCUT2D eigenvalue weighted by molar-refractivity contribution is 5.79. The molecule has 2 aromatic heterocycles. The van der Waals surface area contributed by atoms with Gasteiger partial charge in [-0.2, -0.15) is 0 Å². The minimum absolute atomic E-state index is 0.151. The van der Waals surface area contributed by atoms with Gasteiger partial charge < -0.3 is 9.32 Å². The summed E-state index contributed by atoms with van der Waals surface area (Å²) in [5, 5.41) is 10.0. The van der Waals surface area contributed by atoms with E-state index in [9.17, 15) is 0 Å². The summed E-state index contributed by atoms with van der Waals surface area (Å²) in [5.41, 5.74) is 6.87. The third-order valence-corrected chi connectivity index (χ3v) is 5.77. The number of hydrogen-bond donors (Lipinski definition) is 0. The van der Waals surface area contributed by atoms with Crippen molar-refractivity contribution < 1.29 is 4.42 Å². The molecule has 0 aliphatic heterocycles. The molecule has 4 aromatic rings. The highest BCUT2D eigenvalue weighted by Crippen LogP contribution is 2.32. The number of fused-ring (bicyclic) bond motifs is 1. The van der Waals surface area contributed by atoms with E-state index in [4.69, 9.17) is 4.42 Å². The first-order chi connectivity index (χ1) is 14.4. The van der Waals surface area contributed by atoms with E-state index in [0.29, 0.717) is 0 Å². The van der Waals surface area contributed by atoms with Crippen LogP contribution < -0.4 is 0 Å². The molecular weight excluding hydrogens is 372 g/mol. The summed E-state index contributed by atoms with van der Waals surface area (Å²) in [7, 11) is 4.14. The normalized spacial score (nSPS) is 12.7. The quantitative estimate of drug-likeness (QED) is 0.439. The number of likely N-dealkylation sites (N-methyl/N-ethyl adjacent to an activating group) is 1. The molecule has 0 fully saturated rings. The Labute approximate surface area is 178 Å². The van der Waals surface area contributed by atoms with E-state index in [-0.39, 0.29) is 6.04 Å². The van der Waals surface area contributed by atoms with Crippen LogP contribution in [0.1, 0.15) is 46.7 Å². The maximum absolute atomic E-state index is 6.36. The molecule has 0 radical (unpaired) electrons. The molecule has 0 saturated heterocycles. The molecule has 0 spiro atoms. The lowest BCUT2D eigenvalue weighted by molar-refractivity contribution is 0.411. The van der Waals surface area contributed by atoms with Crippen molar-refractivity contribution in [1.82, 2.24) is 19.9 Å². The summed E-state index contributed by atoms with van der Waals surface area (Å²) in [6.07, 6.45) is 3.91. The van der Waals surface area contributed by atoms with Gasteiger partial charge in [0.2, 0.25) is 0 Å². The van der Waals surface area contributed by atoms with Crippen LogP contribution in [0.2, 0.25) is 0 Å². The average molecular weight is 403 g/mol. The zero-order chi connectivity index (χ0) is 21.3. The summed E-state index contributed by atoms with van der Waals surface area (Å²) in [6.45, 7) is 7.38. The lowest BCUT2D eigenvalue weighted by Gasteiger charge is -2.16. The molecule has 2 heterocycles. The molecule has 2 aromatic carbocycles. The number of hydrogen-bond acceptors (Lipinski definition) is 4. The zero-order valence-electron chi connectivity index (χ0n) is 18.5. The molecule has 4 rings (SSSR count). The van der Waals surface area contributed by atoms with Gasteiger partial charge in [-0.15, -0.1) is 5.10 Å². The second kappa shape index (κ2) is 8.44. The van der Waals surface area contributed by atoms with Gasteiger partial charge in [-0.25, -0.2) is 4.68 Å². The Kier molecular flexibility index (Phi) is 5.73. The third kappa shape index (κ3) is 4.17. The summed E-state index contributed by atoms with van der Waals surface area (Å²) in [4.78, 5) is 2.16. The largest absolute Gasteiger partial charge is 0.458 e. The van der Waals surface area contributed by atoms with E-state index in [0.717, 1.165) is 47.4 Å². The highest BCUT2D eigenvalue weighted by atomic mass is 16.3. The number of benzene rings is 2. The molecule has 5 heteroatoms. The van der Waals surface area contributed by atoms with Crippen LogP contribution in [0.15, 0.2) is 53.1 Å². The highest BCUT2D eigenvalue weighted by Gasteiger charge is 2.23. The van der Waals surface area contributed by atoms with Crippen LogP contribution in [0.5, 0.6) is 0 Å². The van der Waals surface area contributed by atoms with Crippen LogP contribution in [0.3, 0.4) is 0 Å². The summed E-state index contributed by atoms with van der Waals surface area (Å²) < 4.78 is 8.30. The molecule has 156 valence electrons. The Balaban J connectivity index is 1.79. The Bertz CT molecular complexity index is 1160. The Morgan fingerprint density at radius 3 is 2.60 bits per heavy atom. The molecule has 5 nitrogen and oxygen atoms in total. The van der Waals surface area contributed by atoms with Crippen molar-refractivity contribution in [2.45, 2.75) is 39.7 Å². The molecule has 1 unspecified atom stereocenters. The third-order valence-electron chi connectivity index (χ3n) is 5.77. The molecule has 30 heavy (non-hydrogen) atoms. The lowest BCUT2D eigenvalue weighted by Crippen LogP contribution is -2.15. The Hall–Kier alpha value is -2.92. The first-order valence-electron chi connectivity index (χ1n) is 10.6. The van der Waals surface area contributed by atoms with Gasteiger partial charge in [0.05, 0.1) is 5.69 Å². The Morgan fingerprint density at radius 1 is 1.03 bits per heavy atom. The van der Waals surface area contributed by atoms with Gasteiger partial charge >= 0.3 is 0 Å². The lowest BCUT2D eigenvalue weighted by atomic mass is 9.99. The van der Waals surface area contributed by atoms with E-state index in [1.807, 2.05) is 10.9 Å². The fourth-order valence-electron chi connectivity index (χ4n) is 3.73. The molecule has 0 aliphatic rings. The van der Waals surface area contributed by atoms with Gasteiger partial charge in [0.1, 0.15) is 17.4 Å². The van der Waals surface area contributed by atoms with Gasteiger partial charge in [0.25, 0.3) is 0 Å². The number of furan rings is 1. The van der Waals surface area contributed by atoms with Crippen LogP contribution in [-0.2, 0) is 12.8 Å². The van der Waals surface area contributed by atoms with Crippen molar-refractivity contribution in [3.63, 3.8) is 0 Å². The molecule has 0 N–H and O–H groups in total. The molecule has 1 atom stereocenters. The summed E-state index contributed by atoms with van der Waals surface area (Å²) in [6, 6.07) is 15.0. The minimum atomic E-state index is -0.151. The number of aromatic nitrogens is 3. The second-order valence-corrected chi connectivity index (χ2v) is 8.36. The number of rotatable bonds is 7. The van der Waals surface area contributed by atoms with Crippen molar-refractivity contribution in [2.75, 3.05) is 20.6 Å². The topological polar surface area (TPSA) is 47.1 Å². The van der Waals surface area contributed by atoms with E-state index in [2.05, 4.69) is 92.5 Å². The molecule has 0 amide bonds. The van der Waals surface area contributed by atoms with E-state index in [1.54, 1.807) is 0 Å². The standard InChI is InChI=1S/C25H30N4O/c1-6-19-8-10-20-15-24(30-23(20)14-19)25(21-9-7-17(2)18(3)13-21)29-16-22(26-27-29)11-12-28(4)5/h7-10,13-16,25H,6,11-12H2,1-5H3. The number of nitrogens with zero attached hydrogens (tertiary/aromatic N) is 4. The van der Waals surface area contributed by atoms with Gasteiger partial charge in [-0.1, -0.05) is 42.5 Å². The van der Waals surface area contributed by atoms with Crippen LogP contribution in [0.4, 0.5) is 0 Å². The van der Waals surface area contributed by atoms with Crippen molar-refractivity contribution in [1.29, 1.82) is 0 Å². The van der Waals surface area contributed by atoms with E-state index in [1.165, 1.54) is 16.7 Å². The fourth-order valence-corrected chi connectivity index (χ4v) is 3.73. The van der Waals surface area contributed by atoms with Crippen LogP contribution in [0.25, 0.3) is 11.0 Å². The molecule has 0 aliphatic carbocycles. The number of aryl methyl sites for hydroxylation is 3. The molecule has 0 saturated carbocycles. The smallest absolute Gasteiger partial charge is 0.136 e. The monoisotopic (exact) mass is 402 g/mol. The predicted octanol–water partition coefficient (Wildman–Crippen LogP) is 4.95. The van der Waals surface area contributed by atoms with Crippen LogP contribution >= 0.6 is 0 Å². The minimum Gasteiger partial charge on any atom is -0.458 e. The van der Waals surface area contributed by atoms with E-state index < -0.39 is 0 Å². The van der Waals surface area contributed by atoms with Gasteiger partial charge in [0, 0.05) is 24.5 Å². The SMILES string of the molecule is CCc1ccc2cc(C(c3ccc(C)c(C)c3)n3cc(CCN(C)C)nn3)oc2c1. The average Bonchev–Trinajstić information content (AvgIpc) is 3.35. The fraction of sp³-hybridized carbons (Fsp3) is 0.360. The van der Waals surface area contributed by atoms with Crippen molar-refractivity contribution in [2.24, 2.45) is 0 Å². The van der Waals surface area contributed by atoms with Gasteiger partial charge in [0.15, 0.2) is 0 Å². The first-order valence-corrected chi connectivity index (χ1v) is 10.6. The second-order valence-electron chi connectivity index (χ2n) is 8.36. The molecular formula is C25H30N4O. The van der Waals surface area contributed by atoms with Crippen molar-refractivity contribution in [3.05, 3.63) is 82.4 Å². The maximum Gasteiger partial charge on any atom is 0.136 e.